The van der Waals surface area contributed by atoms with Gasteiger partial charge in [-0.05, 0) is 86.9 Å². The van der Waals surface area contributed by atoms with Crippen molar-refractivity contribution < 1.29 is 18.7 Å². The summed E-state index contributed by atoms with van der Waals surface area (Å²) in [4.78, 5) is 12.6. The number of unbranched alkanes of at least 4 members (excludes halogenated alkanes) is 2. The van der Waals surface area contributed by atoms with Crippen molar-refractivity contribution in [2.24, 2.45) is 5.92 Å². The number of benzene rings is 1. The minimum absolute atomic E-state index is 0.109. The van der Waals surface area contributed by atoms with E-state index < -0.39 is 8.32 Å². The Morgan fingerprint density at radius 3 is 2.41 bits per heavy atom. The molecule has 1 aliphatic rings. The summed E-state index contributed by atoms with van der Waals surface area (Å²) < 4.78 is 17.7. The van der Waals surface area contributed by atoms with Gasteiger partial charge in [-0.2, -0.15) is 0 Å². The molecule has 216 valence electrons. The van der Waals surface area contributed by atoms with E-state index in [2.05, 4.69) is 77.2 Å². The Balaban J connectivity index is 1.78. The van der Waals surface area contributed by atoms with Crippen LogP contribution in [0.25, 0.3) is 0 Å². The molecule has 39 heavy (non-hydrogen) atoms. The van der Waals surface area contributed by atoms with E-state index in [9.17, 15) is 4.79 Å². The standard InChI is InChI=1S/C34H52O4Si/c1-8-9-13-17-31(38-39(6,7)34(2,3)4)23-24-32-29(20-25-33(32)35)16-14-11-10-12-15-26-37-27-28-18-21-30(36-5)22-19-28/h9,11,13-14,18-22,24-25,29,31H,8,10,12,15-17,23,26-27H2,1-7H3/b13-9-,14-11-,32-24+/t29-,31-/m1/s1. The summed E-state index contributed by atoms with van der Waals surface area (Å²) in [6, 6.07) is 8.00. The zero-order chi connectivity index (χ0) is 28.7. The minimum atomic E-state index is -1.89. The molecule has 0 radical (unpaired) electrons. The normalized spacial score (nSPS) is 18.2. The smallest absolute Gasteiger partial charge is 0.192 e. The fraction of sp³-hybridized carbons (Fsp3) is 0.559. The van der Waals surface area contributed by atoms with Crippen LogP contribution in [0.5, 0.6) is 5.75 Å². The SMILES string of the molecule is CC/C=C\C[C@H](C/C=C1/C(=O)C=C[C@H]1C/C=C\CCCCOCc1ccc(OC)cc1)O[Si](C)(C)C(C)(C)C. The highest BCUT2D eigenvalue weighted by Gasteiger charge is 2.38. The maximum Gasteiger partial charge on any atom is 0.192 e. The lowest BCUT2D eigenvalue weighted by Gasteiger charge is -2.39. The number of ketones is 1. The maximum atomic E-state index is 12.6. The Labute approximate surface area is 239 Å². The van der Waals surface area contributed by atoms with Crippen molar-refractivity contribution in [3.8, 4) is 5.75 Å². The molecule has 0 spiro atoms. The van der Waals surface area contributed by atoms with Crippen LogP contribution in [-0.4, -0.2) is 33.9 Å². The summed E-state index contributed by atoms with van der Waals surface area (Å²) in [6.07, 6.45) is 21.7. The molecule has 0 bridgehead atoms. The van der Waals surface area contributed by atoms with Gasteiger partial charge in [0, 0.05) is 18.1 Å². The summed E-state index contributed by atoms with van der Waals surface area (Å²) in [5.74, 6) is 1.18. The molecular weight excluding hydrogens is 500 g/mol. The molecule has 0 amide bonds. The summed E-state index contributed by atoms with van der Waals surface area (Å²) in [6.45, 7) is 15.0. The summed E-state index contributed by atoms with van der Waals surface area (Å²) >= 11 is 0. The van der Waals surface area contributed by atoms with Crippen LogP contribution in [0.4, 0.5) is 0 Å². The molecule has 0 aromatic heterocycles. The topological polar surface area (TPSA) is 44.8 Å². The quantitative estimate of drug-likeness (QED) is 0.0836. The molecule has 0 saturated carbocycles. The van der Waals surface area contributed by atoms with Crippen molar-refractivity contribution in [1.82, 2.24) is 0 Å². The number of ether oxygens (including phenoxy) is 2. The summed E-state index contributed by atoms with van der Waals surface area (Å²) in [7, 11) is -0.215. The first-order valence-corrected chi connectivity index (χ1v) is 17.6. The van der Waals surface area contributed by atoms with Crippen LogP contribution in [-0.2, 0) is 20.6 Å². The molecule has 0 saturated heterocycles. The molecule has 0 unspecified atom stereocenters. The molecule has 2 rings (SSSR count). The van der Waals surface area contributed by atoms with Crippen LogP contribution in [0.15, 0.2) is 72.4 Å². The van der Waals surface area contributed by atoms with E-state index in [4.69, 9.17) is 13.9 Å². The highest BCUT2D eigenvalue weighted by molar-refractivity contribution is 6.74. The van der Waals surface area contributed by atoms with Gasteiger partial charge < -0.3 is 13.9 Å². The van der Waals surface area contributed by atoms with Gasteiger partial charge in [-0.25, -0.2) is 0 Å². The van der Waals surface area contributed by atoms with Gasteiger partial charge in [0.1, 0.15) is 5.75 Å². The van der Waals surface area contributed by atoms with Crippen LogP contribution >= 0.6 is 0 Å². The summed E-state index contributed by atoms with van der Waals surface area (Å²) in [5, 5.41) is 0.160. The number of hydrogen-bond acceptors (Lipinski definition) is 4. The Bertz CT molecular complexity index is 979. The third-order valence-electron chi connectivity index (χ3n) is 7.73. The molecule has 5 heteroatoms. The van der Waals surface area contributed by atoms with Gasteiger partial charge in [0.05, 0.1) is 19.8 Å². The molecular formula is C34H52O4Si. The number of rotatable bonds is 17. The van der Waals surface area contributed by atoms with Gasteiger partial charge in [0.15, 0.2) is 14.1 Å². The number of methoxy groups -OCH3 is 1. The summed E-state index contributed by atoms with van der Waals surface area (Å²) in [5.41, 5.74) is 2.09. The van der Waals surface area contributed by atoms with Crippen LogP contribution < -0.4 is 4.74 Å². The van der Waals surface area contributed by atoms with E-state index in [0.29, 0.717) is 6.61 Å². The average Bonchev–Trinajstić information content (AvgIpc) is 3.24. The number of hydrogen-bond donors (Lipinski definition) is 0. The molecule has 2 atom stereocenters. The van der Waals surface area contributed by atoms with E-state index in [0.717, 1.165) is 68.4 Å². The van der Waals surface area contributed by atoms with Crippen molar-refractivity contribution in [3.05, 3.63) is 77.9 Å². The first-order chi connectivity index (χ1) is 18.6. The van der Waals surface area contributed by atoms with Crippen molar-refractivity contribution in [2.75, 3.05) is 13.7 Å². The first-order valence-electron chi connectivity index (χ1n) is 14.7. The molecule has 0 N–H and O–H groups in total. The molecule has 0 fully saturated rings. The zero-order valence-electron chi connectivity index (χ0n) is 25.5. The predicted octanol–water partition coefficient (Wildman–Crippen LogP) is 9.15. The first kappa shape index (κ1) is 33.0. The second-order valence-corrected chi connectivity index (χ2v) is 16.7. The van der Waals surface area contributed by atoms with Crippen LogP contribution in [0.1, 0.15) is 78.2 Å². The number of carbonyl (C=O) groups excluding carboxylic acids is 1. The van der Waals surface area contributed by atoms with Crippen molar-refractivity contribution in [1.29, 1.82) is 0 Å². The van der Waals surface area contributed by atoms with Crippen molar-refractivity contribution in [3.63, 3.8) is 0 Å². The number of allylic oxidation sites excluding steroid dienone is 6. The van der Waals surface area contributed by atoms with E-state index >= 15 is 0 Å². The Hall–Kier alpha value is -2.21. The lowest BCUT2D eigenvalue weighted by atomic mass is 9.96. The third kappa shape index (κ3) is 11.8. The molecule has 1 aromatic carbocycles. The minimum Gasteiger partial charge on any atom is -0.497 e. The fourth-order valence-electron chi connectivity index (χ4n) is 4.24. The lowest BCUT2D eigenvalue weighted by Crippen LogP contribution is -2.43. The zero-order valence-corrected chi connectivity index (χ0v) is 26.5. The van der Waals surface area contributed by atoms with Crippen LogP contribution in [0.2, 0.25) is 18.1 Å². The van der Waals surface area contributed by atoms with Crippen molar-refractivity contribution in [2.45, 2.75) is 103 Å². The highest BCUT2D eigenvalue weighted by Crippen LogP contribution is 2.38. The number of carbonyl (C=O) groups is 1. The maximum absolute atomic E-state index is 12.6. The van der Waals surface area contributed by atoms with E-state index in [1.807, 2.05) is 24.3 Å². The Morgan fingerprint density at radius 1 is 1.00 bits per heavy atom. The van der Waals surface area contributed by atoms with Gasteiger partial charge in [-0.3, -0.25) is 4.79 Å². The van der Waals surface area contributed by atoms with Gasteiger partial charge in [0.2, 0.25) is 0 Å². The monoisotopic (exact) mass is 552 g/mol. The van der Waals surface area contributed by atoms with Crippen molar-refractivity contribution >= 4 is 14.1 Å². The van der Waals surface area contributed by atoms with Crippen LogP contribution in [0.3, 0.4) is 0 Å². The third-order valence-corrected chi connectivity index (χ3v) is 12.3. The van der Waals surface area contributed by atoms with E-state index in [-0.39, 0.29) is 22.8 Å². The molecule has 0 aliphatic heterocycles. The largest absolute Gasteiger partial charge is 0.497 e. The van der Waals surface area contributed by atoms with Gasteiger partial charge in [0.25, 0.3) is 0 Å². The Kier molecular flexibility index (Phi) is 14.2. The second kappa shape index (κ2) is 16.8. The fourth-order valence-corrected chi connectivity index (χ4v) is 5.62. The Morgan fingerprint density at radius 2 is 1.74 bits per heavy atom. The average molecular weight is 553 g/mol. The van der Waals surface area contributed by atoms with Gasteiger partial charge >= 0.3 is 0 Å². The van der Waals surface area contributed by atoms with Gasteiger partial charge in [-0.15, -0.1) is 0 Å². The van der Waals surface area contributed by atoms with E-state index in [1.54, 1.807) is 13.2 Å². The molecule has 0 heterocycles. The second-order valence-electron chi connectivity index (χ2n) is 11.9. The molecule has 1 aliphatic carbocycles. The van der Waals surface area contributed by atoms with Gasteiger partial charge in [-0.1, -0.05) is 76.3 Å². The lowest BCUT2D eigenvalue weighted by molar-refractivity contribution is -0.111. The highest BCUT2D eigenvalue weighted by atomic mass is 28.4. The van der Waals surface area contributed by atoms with E-state index in [1.165, 1.54) is 0 Å². The molecule has 1 aromatic rings. The predicted molar refractivity (Wildman–Crippen MR) is 167 cm³/mol. The van der Waals surface area contributed by atoms with Crippen LogP contribution in [0, 0.1) is 5.92 Å². The molecule has 4 nitrogen and oxygen atoms in total.